The van der Waals surface area contributed by atoms with Crippen LogP contribution in [0.2, 0.25) is 0 Å². The first kappa shape index (κ1) is 10.5. The molecule has 1 aliphatic heterocycles. The Labute approximate surface area is 107 Å². The highest BCUT2D eigenvalue weighted by atomic mass is 15.1. The zero-order chi connectivity index (χ0) is 12.3. The normalized spacial score (nSPS) is 52.4. The second kappa shape index (κ2) is 3.34. The van der Waals surface area contributed by atoms with Crippen molar-refractivity contribution in [3.8, 4) is 6.07 Å². The van der Waals surface area contributed by atoms with Crippen molar-refractivity contribution in [2.24, 2.45) is 45.3 Å². The molecule has 4 saturated carbocycles. The number of nitrogens with zero attached hydrogens (tertiary/aromatic N) is 3. The van der Waals surface area contributed by atoms with Crippen LogP contribution in [-0.2, 0) is 0 Å². The van der Waals surface area contributed by atoms with E-state index in [-0.39, 0.29) is 0 Å². The summed E-state index contributed by atoms with van der Waals surface area (Å²) in [6, 6.07) is 2.40. The minimum Gasteiger partial charge on any atom is -0.384 e. The van der Waals surface area contributed by atoms with Crippen molar-refractivity contribution in [1.29, 1.82) is 5.26 Å². The topological polar surface area (TPSA) is 74.5 Å². The maximum absolute atomic E-state index is 9.65. The molecule has 5 rings (SSSR count). The fourth-order valence-corrected chi connectivity index (χ4v) is 5.37. The van der Waals surface area contributed by atoms with E-state index in [1.165, 1.54) is 38.4 Å². The molecule has 5 aliphatic rings. The van der Waals surface area contributed by atoms with Crippen LogP contribution in [0.25, 0.3) is 0 Å². The molecule has 0 spiro atoms. The second-order valence-electron chi connectivity index (χ2n) is 6.59. The van der Waals surface area contributed by atoms with Gasteiger partial charge < -0.3 is 5.73 Å². The van der Waals surface area contributed by atoms with Gasteiger partial charge in [0.05, 0.1) is 0 Å². The molecule has 0 amide bonds. The number of hydrogen-bond acceptors (Lipinski definition) is 4. The average Bonchev–Trinajstić information content (AvgIpc) is 2.70. The van der Waals surface area contributed by atoms with Crippen LogP contribution in [0.5, 0.6) is 0 Å². The first-order chi connectivity index (χ1) is 8.73. The maximum Gasteiger partial charge on any atom is 0.208 e. The van der Waals surface area contributed by atoms with Gasteiger partial charge in [-0.3, -0.25) is 0 Å². The van der Waals surface area contributed by atoms with Gasteiger partial charge in [0.2, 0.25) is 5.54 Å². The summed E-state index contributed by atoms with van der Waals surface area (Å²) in [7, 11) is 0. The minimum absolute atomic E-state index is 0.317. The summed E-state index contributed by atoms with van der Waals surface area (Å²) in [6.07, 6.45) is 8.04. The predicted octanol–water partition coefficient (Wildman–Crippen LogP) is 1.72. The minimum atomic E-state index is -0.831. The number of aliphatic imine (C=N–C) groups is 2. The van der Waals surface area contributed by atoms with Crippen LogP contribution in [0.3, 0.4) is 0 Å². The van der Waals surface area contributed by atoms with Gasteiger partial charge in [-0.05, 0) is 55.8 Å². The Bertz CT molecular complexity index is 459. The van der Waals surface area contributed by atoms with Gasteiger partial charge in [0, 0.05) is 5.92 Å². The maximum atomic E-state index is 9.65. The molecule has 4 nitrogen and oxygen atoms in total. The number of nitrogens with two attached hydrogens (primary N) is 1. The van der Waals surface area contributed by atoms with Gasteiger partial charge in [0.25, 0.3) is 0 Å². The first-order valence-electron chi connectivity index (χ1n) is 7.01. The quantitative estimate of drug-likeness (QED) is 0.760. The zero-order valence-corrected chi connectivity index (χ0v) is 10.4. The standard InChI is InChI=1S/C14H18N4/c15-6-14(13(16)17-7-18-14)12-10-2-8-1-9(4-10)5-11(12)3-8/h7-12H,1-5H2,(H2,16,17,18). The van der Waals surface area contributed by atoms with E-state index < -0.39 is 5.54 Å². The van der Waals surface area contributed by atoms with Gasteiger partial charge in [0.1, 0.15) is 18.2 Å². The molecule has 1 unspecified atom stereocenters. The predicted molar refractivity (Wildman–Crippen MR) is 69.0 cm³/mol. The lowest BCUT2D eigenvalue weighted by atomic mass is 9.48. The Morgan fingerprint density at radius 1 is 1.17 bits per heavy atom. The Hall–Kier alpha value is -1.37. The summed E-state index contributed by atoms with van der Waals surface area (Å²) in [5.41, 5.74) is 5.18. The fraction of sp³-hybridized carbons (Fsp3) is 0.786. The Kier molecular flexibility index (Phi) is 1.96. The Morgan fingerprint density at radius 2 is 1.78 bits per heavy atom. The smallest absolute Gasteiger partial charge is 0.208 e. The van der Waals surface area contributed by atoms with Gasteiger partial charge in [-0.15, -0.1) is 0 Å². The van der Waals surface area contributed by atoms with E-state index in [0.29, 0.717) is 23.6 Å². The van der Waals surface area contributed by atoms with Crippen molar-refractivity contribution in [3.63, 3.8) is 0 Å². The molecule has 4 fully saturated rings. The molecule has 4 heteroatoms. The molecule has 4 bridgehead atoms. The molecular weight excluding hydrogens is 224 g/mol. The van der Waals surface area contributed by atoms with Crippen LogP contribution in [0.15, 0.2) is 9.98 Å². The second-order valence-corrected chi connectivity index (χ2v) is 6.59. The van der Waals surface area contributed by atoms with E-state index in [2.05, 4.69) is 16.1 Å². The number of amidine groups is 1. The highest BCUT2D eigenvalue weighted by Crippen LogP contribution is 2.59. The molecule has 1 heterocycles. The van der Waals surface area contributed by atoms with E-state index >= 15 is 0 Å². The number of nitriles is 1. The highest BCUT2D eigenvalue weighted by molar-refractivity contribution is 6.02. The molecule has 0 saturated heterocycles. The average molecular weight is 242 g/mol. The van der Waals surface area contributed by atoms with E-state index in [4.69, 9.17) is 5.73 Å². The summed E-state index contributed by atoms with van der Waals surface area (Å²) in [5, 5.41) is 9.65. The van der Waals surface area contributed by atoms with Gasteiger partial charge >= 0.3 is 0 Å². The summed E-state index contributed by atoms with van der Waals surface area (Å²) >= 11 is 0. The van der Waals surface area contributed by atoms with Gasteiger partial charge in [-0.25, -0.2) is 9.98 Å². The largest absolute Gasteiger partial charge is 0.384 e. The Morgan fingerprint density at radius 3 is 2.22 bits per heavy atom. The van der Waals surface area contributed by atoms with Crippen molar-refractivity contribution in [2.45, 2.75) is 37.6 Å². The van der Waals surface area contributed by atoms with E-state index in [9.17, 15) is 5.26 Å². The molecule has 1 atom stereocenters. The van der Waals surface area contributed by atoms with E-state index in [1.54, 1.807) is 0 Å². The van der Waals surface area contributed by atoms with E-state index in [1.807, 2.05) is 0 Å². The van der Waals surface area contributed by atoms with Crippen molar-refractivity contribution in [1.82, 2.24) is 0 Å². The summed E-state index contributed by atoms with van der Waals surface area (Å²) in [4.78, 5) is 8.47. The van der Waals surface area contributed by atoms with Crippen LogP contribution in [0.1, 0.15) is 32.1 Å². The molecule has 0 aromatic carbocycles. The molecule has 2 N–H and O–H groups in total. The van der Waals surface area contributed by atoms with Crippen LogP contribution < -0.4 is 5.73 Å². The summed E-state index contributed by atoms with van der Waals surface area (Å²) in [6.45, 7) is 0. The van der Waals surface area contributed by atoms with Crippen molar-refractivity contribution in [2.75, 3.05) is 0 Å². The lowest BCUT2D eigenvalue weighted by molar-refractivity contribution is -0.0474. The zero-order valence-electron chi connectivity index (χ0n) is 10.4. The molecular formula is C14H18N4. The monoisotopic (exact) mass is 242 g/mol. The summed E-state index contributed by atoms with van der Waals surface area (Å²) < 4.78 is 0. The van der Waals surface area contributed by atoms with Crippen LogP contribution in [0.4, 0.5) is 0 Å². The third kappa shape index (κ3) is 1.15. The molecule has 0 aromatic rings. The van der Waals surface area contributed by atoms with Gasteiger partial charge in [0.15, 0.2) is 0 Å². The fourth-order valence-electron chi connectivity index (χ4n) is 5.37. The first-order valence-corrected chi connectivity index (χ1v) is 7.01. The van der Waals surface area contributed by atoms with Crippen molar-refractivity contribution >= 4 is 12.2 Å². The lowest BCUT2D eigenvalue weighted by Gasteiger charge is -2.56. The molecule has 4 aliphatic carbocycles. The van der Waals surface area contributed by atoms with Crippen LogP contribution in [0, 0.1) is 40.9 Å². The lowest BCUT2D eigenvalue weighted by Crippen LogP contribution is -2.57. The summed E-state index contributed by atoms with van der Waals surface area (Å²) in [5.74, 6) is 3.85. The third-order valence-electron chi connectivity index (χ3n) is 5.73. The molecule has 0 radical (unpaired) electrons. The van der Waals surface area contributed by atoms with Crippen LogP contribution >= 0.6 is 0 Å². The number of rotatable bonds is 1. The molecule has 0 aromatic heterocycles. The van der Waals surface area contributed by atoms with Crippen molar-refractivity contribution in [3.05, 3.63) is 0 Å². The van der Waals surface area contributed by atoms with Crippen LogP contribution in [-0.4, -0.2) is 17.7 Å². The third-order valence-corrected chi connectivity index (χ3v) is 5.73. The Balaban J connectivity index is 1.75. The van der Waals surface area contributed by atoms with E-state index in [0.717, 1.165) is 11.8 Å². The van der Waals surface area contributed by atoms with Gasteiger partial charge in [-0.2, -0.15) is 5.26 Å². The molecule has 18 heavy (non-hydrogen) atoms. The highest BCUT2D eigenvalue weighted by Gasteiger charge is 2.58. The van der Waals surface area contributed by atoms with Gasteiger partial charge in [-0.1, -0.05) is 0 Å². The SMILES string of the molecule is N#CC1(C2C3CC4CC(C3)CC2C4)N=CN=C1N. The molecule has 94 valence electrons. The van der Waals surface area contributed by atoms with Crippen molar-refractivity contribution < 1.29 is 0 Å². The number of hydrogen-bond donors (Lipinski definition) is 1.